The average Bonchev–Trinajstić information content (AvgIpc) is 3.29. The highest BCUT2D eigenvalue weighted by Gasteiger charge is 2.27. The third kappa shape index (κ3) is 6.04. The van der Waals surface area contributed by atoms with Crippen LogP contribution in [0, 0.1) is 5.92 Å². The summed E-state index contributed by atoms with van der Waals surface area (Å²) in [5, 5.41) is 6.85. The van der Waals surface area contributed by atoms with E-state index in [0.717, 1.165) is 11.1 Å². The van der Waals surface area contributed by atoms with Crippen LogP contribution in [0.2, 0.25) is 0 Å². The number of rotatable bonds is 8. The molecule has 3 aromatic rings. The first kappa shape index (κ1) is 25.0. The van der Waals surface area contributed by atoms with Gasteiger partial charge in [-0.3, -0.25) is 4.79 Å². The fraction of sp³-hybridized carbons (Fsp3) is 0.370. The molecule has 1 N–H and O–H groups in total. The van der Waals surface area contributed by atoms with Gasteiger partial charge in [-0.15, -0.1) is 0 Å². The molecule has 0 unspecified atom stereocenters. The molecule has 0 bridgehead atoms. The number of hydrogen-bond donors (Lipinski definition) is 1. The lowest BCUT2D eigenvalue weighted by atomic mass is 9.86. The summed E-state index contributed by atoms with van der Waals surface area (Å²) in [6.45, 7) is 9.94. The molecule has 1 aromatic heterocycles. The van der Waals surface area contributed by atoms with Gasteiger partial charge < -0.3 is 19.3 Å². The van der Waals surface area contributed by atoms with Crippen LogP contribution in [-0.4, -0.2) is 30.2 Å². The second-order valence-corrected chi connectivity index (χ2v) is 9.51. The molecule has 3 rings (SSSR count). The Balaban J connectivity index is 1.63. The number of para-hydroxylation sites is 1. The number of carbonyl (C=O) groups excluding carboxylic acids is 2. The van der Waals surface area contributed by atoms with Crippen LogP contribution >= 0.6 is 0 Å². The minimum Gasteiger partial charge on any atom is -0.496 e. The number of hydrogen-bond acceptors (Lipinski definition) is 6. The molecular weight excluding hydrogens is 432 g/mol. The van der Waals surface area contributed by atoms with Crippen LogP contribution < -0.4 is 10.1 Å². The summed E-state index contributed by atoms with van der Waals surface area (Å²) in [4.78, 5) is 25.5. The minimum absolute atomic E-state index is 0.00844. The van der Waals surface area contributed by atoms with E-state index >= 15 is 0 Å². The number of carbonyl (C=O) groups is 2. The largest absolute Gasteiger partial charge is 0.496 e. The standard InChI is InChI=1S/C27H32N2O5/c1-17(2)24(28-25(30)18-11-13-19(14-12-18)27(3,4)5)26(31)33-16-20-15-22(29-34-20)21-9-7-8-10-23(21)32-6/h7-15,17,24H,16H2,1-6H3,(H,28,30)/t24-/m1/s1. The molecule has 0 aliphatic heterocycles. The predicted octanol–water partition coefficient (Wildman–Crippen LogP) is 5.15. The van der Waals surface area contributed by atoms with E-state index in [2.05, 4.69) is 31.2 Å². The number of nitrogens with zero attached hydrogens (tertiary/aromatic N) is 1. The van der Waals surface area contributed by atoms with Crippen molar-refractivity contribution in [3.8, 4) is 17.0 Å². The zero-order valence-corrected chi connectivity index (χ0v) is 20.5. The Morgan fingerprint density at radius 3 is 2.35 bits per heavy atom. The molecule has 0 saturated heterocycles. The summed E-state index contributed by atoms with van der Waals surface area (Å²) in [6, 6.07) is 15.7. The Morgan fingerprint density at radius 2 is 1.74 bits per heavy atom. The maximum absolute atomic E-state index is 12.8. The molecule has 1 amide bonds. The van der Waals surface area contributed by atoms with E-state index in [1.54, 1.807) is 25.3 Å². The quantitative estimate of drug-likeness (QED) is 0.464. The van der Waals surface area contributed by atoms with Gasteiger partial charge in [0.15, 0.2) is 12.4 Å². The molecule has 34 heavy (non-hydrogen) atoms. The molecule has 0 fully saturated rings. The highest BCUT2D eigenvalue weighted by molar-refractivity contribution is 5.96. The van der Waals surface area contributed by atoms with Crippen molar-refractivity contribution in [3.05, 3.63) is 71.5 Å². The second kappa shape index (κ2) is 10.5. The predicted molar refractivity (Wildman–Crippen MR) is 130 cm³/mol. The first-order valence-corrected chi connectivity index (χ1v) is 11.3. The first-order chi connectivity index (χ1) is 16.1. The Bertz CT molecular complexity index is 1130. The molecule has 7 nitrogen and oxygen atoms in total. The number of benzene rings is 2. The lowest BCUT2D eigenvalue weighted by Crippen LogP contribution is -2.45. The van der Waals surface area contributed by atoms with Gasteiger partial charge in [0.2, 0.25) is 0 Å². The summed E-state index contributed by atoms with van der Waals surface area (Å²) in [5.74, 6) is 0.0293. The number of aromatic nitrogens is 1. The normalized spacial score (nSPS) is 12.3. The molecule has 180 valence electrons. The fourth-order valence-electron chi connectivity index (χ4n) is 3.44. The van der Waals surface area contributed by atoms with Crippen molar-refractivity contribution in [2.24, 2.45) is 5.92 Å². The molecule has 0 aliphatic rings. The minimum atomic E-state index is -0.800. The number of ether oxygens (including phenoxy) is 2. The van der Waals surface area contributed by atoms with Crippen LogP contribution in [0.5, 0.6) is 5.75 Å². The topological polar surface area (TPSA) is 90.7 Å². The van der Waals surface area contributed by atoms with E-state index in [4.69, 9.17) is 14.0 Å². The molecule has 0 saturated carbocycles. The summed E-state index contributed by atoms with van der Waals surface area (Å²) in [5.41, 5.74) is 2.96. The molecule has 7 heteroatoms. The Hall–Kier alpha value is -3.61. The molecular formula is C27H32N2O5. The van der Waals surface area contributed by atoms with E-state index in [1.165, 1.54) is 0 Å². The highest BCUT2D eigenvalue weighted by atomic mass is 16.6. The van der Waals surface area contributed by atoms with Crippen molar-refractivity contribution in [2.75, 3.05) is 7.11 Å². The number of methoxy groups -OCH3 is 1. The zero-order chi connectivity index (χ0) is 24.9. The Kier molecular flexibility index (Phi) is 7.76. The van der Waals surface area contributed by atoms with E-state index in [-0.39, 0.29) is 23.8 Å². The molecule has 1 heterocycles. The lowest BCUT2D eigenvalue weighted by Gasteiger charge is -2.21. The Morgan fingerprint density at radius 1 is 1.06 bits per heavy atom. The van der Waals surface area contributed by atoms with Crippen molar-refractivity contribution in [2.45, 2.75) is 52.7 Å². The van der Waals surface area contributed by atoms with Gasteiger partial charge in [-0.1, -0.05) is 64.0 Å². The monoisotopic (exact) mass is 464 g/mol. The first-order valence-electron chi connectivity index (χ1n) is 11.3. The van der Waals surface area contributed by atoms with Gasteiger partial charge >= 0.3 is 5.97 Å². The van der Waals surface area contributed by atoms with Crippen molar-refractivity contribution in [3.63, 3.8) is 0 Å². The molecule has 2 aromatic carbocycles. The molecule has 1 atom stereocenters. The second-order valence-electron chi connectivity index (χ2n) is 9.51. The summed E-state index contributed by atoms with van der Waals surface area (Å²) in [6.07, 6.45) is 0. The molecule has 0 spiro atoms. The highest BCUT2D eigenvalue weighted by Crippen LogP contribution is 2.29. The smallest absolute Gasteiger partial charge is 0.329 e. The van der Waals surface area contributed by atoms with Gasteiger partial charge in [-0.05, 0) is 41.2 Å². The van der Waals surface area contributed by atoms with Crippen LogP contribution in [0.4, 0.5) is 0 Å². The SMILES string of the molecule is COc1ccccc1-c1cc(COC(=O)[C@H](NC(=O)c2ccc(C(C)(C)C)cc2)C(C)C)on1. The van der Waals surface area contributed by atoms with Gasteiger partial charge in [0.25, 0.3) is 5.91 Å². The van der Waals surface area contributed by atoms with E-state index in [0.29, 0.717) is 22.8 Å². The average molecular weight is 465 g/mol. The summed E-state index contributed by atoms with van der Waals surface area (Å²) >= 11 is 0. The van der Waals surface area contributed by atoms with Gasteiger partial charge in [-0.25, -0.2) is 4.79 Å². The third-order valence-electron chi connectivity index (χ3n) is 5.52. The number of nitrogens with one attached hydrogen (secondary N) is 1. The zero-order valence-electron chi connectivity index (χ0n) is 20.5. The Labute approximate surface area is 200 Å². The van der Waals surface area contributed by atoms with E-state index < -0.39 is 12.0 Å². The van der Waals surface area contributed by atoms with Crippen molar-refractivity contribution >= 4 is 11.9 Å². The molecule has 0 radical (unpaired) electrons. The van der Waals surface area contributed by atoms with Crippen molar-refractivity contribution in [1.82, 2.24) is 10.5 Å². The number of esters is 1. The lowest BCUT2D eigenvalue weighted by molar-refractivity contribution is -0.149. The van der Waals surface area contributed by atoms with Gasteiger partial charge in [0, 0.05) is 17.2 Å². The molecule has 0 aliphatic carbocycles. The van der Waals surface area contributed by atoms with Gasteiger partial charge in [0.1, 0.15) is 17.5 Å². The maximum Gasteiger partial charge on any atom is 0.329 e. The van der Waals surface area contributed by atoms with Crippen LogP contribution in [0.3, 0.4) is 0 Å². The van der Waals surface area contributed by atoms with E-state index in [1.807, 2.05) is 50.2 Å². The van der Waals surface area contributed by atoms with Gasteiger partial charge in [-0.2, -0.15) is 0 Å². The third-order valence-corrected chi connectivity index (χ3v) is 5.52. The number of amides is 1. The fourth-order valence-corrected chi connectivity index (χ4v) is 3.44. The van der Waals surface area contributed by atoms with Crippen LogP contribution in [0.25, 0.3) is 11.3 Å². The van der Waals surface area contributed by atoms with Crippen molar-refractivity contribution < 1.29 is 23.6 Å². The van der Waals surface area contributed by atoms with Crippen LogP contribution in [0.15, 0.2) is 59.1 Å². The van der Waals surface area contributed by atoms with Crippen molar-refractivity contribution in [1.29, 1.82) is 0 Å². The maximum atomic E-state index is 12.8. The van der Waals surface area contributed by atoms with Gasteiger partial charge in [0.05, 0.1) is 7.11 Å². The summed E-state index contributed by atoms with van der Waals surface area (Å²) < 4.78 is 16.1. The van der Waals surface area contributed by atoms with Crippen LogP contribution in [-0.2, 0) is 21.6 Å². The van der Waals surface area contributed by atoms with Crippen LogP contribution in [0.1, 0.15) is 56.3 Å². The summed E-state index contributed by atoms with van der Waals surface area (Å²) in [7, 11) is 1.58. The van der Waals surface area contributed by atoms with E-state index in [9.17, 15) is 9.59 Å².